The number of nitrogens with zero attached hydrogens (tertiary/aromatic N) is 6. The van der Waals surface area contributed by atoms with E-state index in [-0.39, 0.29) is 39.1 Å². The first-order valence-electron chi connectivity index (χ1n) is 39.5. The van der Waals surface area contributed by atoms with Crippen molar-refractivity contribution in [1.29, 1.82) is 0 Å². The lowest BCUT2D eigenvalue weighted by molar-refractivity contribution is 0.282. The molecule has 2 N–H and O–H groups in total. The average Bonchev–Trinajstić information content (AvgIpc) is 1.65. The Morgan fingerprint density at radius 3 is 1.22 bits per heavy atom. The van der Waals surface area contributed by atoms with Gasteiger partial charge >= 0.3 is 0 Å². The van der Waals surface area contributed by atoms with Gasteiger partial charge in [-0.2, -0.15) is 0 Å². The van der Waals surface area contributed by atoms with Crippen LogP contribution in [0.2, 0.25) is 0 Å². The zero-order chi connectivity index (χ0) is 74.9. The van der Waals surface area contributed by atoms with Crippen molar-refractivity contribution < 1.29 is 10.2 Å². The SMILES string of the molecule is CC(/C=C/C1N(C)c2ccccc2C1(C)C)=C\C=C1\N(C)c2ccccc2C1(C)C.CC(/C=C/C1N(CCCCCCO)c2ccccc2C1(C)C)=C\C=C1\N(CCCCCCO)c2ccccc2C1(C)C.CCCN1/C(=C/C(C)=C/C2N(CCC)c3ccccc3C2(C)C)C(C)(C)c2ccccc21. The standard InChI is InChI=1S/C38H54N2O2.C30H40N2.C28H34N2/c1-30(22-24-35-37(2,3)31-18-10-12-20-33(31)39(35)26-14-6-8-16-28-41)23-25-36-38(4,5)32-19-11-13-21-34(32)40(36)27-15-7-9-17-29-42;1-8-18-31-25-16-12-10-14-23(25)29(4,5)27(31)20-22(3)21-28-30(6,7)24-15-11-13-17-26(24)32(28)19-9-2;1-20(16-18-25-27(2,3)21-12-8-10-14-23(21)29(25)6)17-19-26-28(4,5)22-13-9-11-15-24(22)30(26)7/h10-13,18-25,35,41-42H,6-9,14-17,26-29H2,1-5H3;10-17,20-21,27H,8-9,18-19H2,1-7H3;8-19,25H,1-7H3/b24-22+,30-23+,36-25+;22-20+,28-21+;18-16+,20-17+,26-19+. The van der Waals surface area contributed by atoms with Crippen molar-refractivity contribution in [3.8, 4) is 0 Å². The molecule has 0 saturated carbocycles. The largest absolute Gasteiger partial charge is 0.396 e. The molecule has 0 bridgehead atoms. The van der Waals surface area contributed by atoms with Gasteiger partial charge in [0.15, 0.2) is 0 Å². The minimum atomic E-state index is -0.0515. The maximum absolute atomic E-state index is 9.17. The molecule has 0 saturated heterocycles. The summed E-state index contributed by atoms with van der Waals surface area (Å²) < 4.78 is 0. The number of unbranched alkanes of at least 4 members (excludes halogenated alkanes) is 6. The summed E-state index contributed by atoms with van der Waals surface area (Å²) in [6, 6.07) is 54.2. The smallest absolute Gasteiger partial charge is 0.0570 e. The zero-order valence-electron chi connectivity index (χ0n) is 67.3. The van der Waals surface area contributed by atoms with Crippen molar-refractivity contribution in [1.82, 2.24) is 0 Å². The molecule has 6 aliphatic rings. The molecule has 554 valence electrons. The molecule has 0 spiro atoms. The Labute approximate surface area is 629 Å². The number of likely N-dealkylation sites (N-methyl/N-ethyl adjacent to an activating group) is 2. The Morgan fingerprint density at radius 1 is 0.365 bits per heavy atom. The van der Waals surface area contributed by atoms with E-state index in [2.05, 4.69) is 368 Å². The van der Waals surface area contributed by atoms with Crippen LogP contribution in [-0.4, -0.2) is 81.8 Å². The second-order valence-electron chi connectivity index (χ2n) is 33.7. The Hall–Kier alpha value is -8.04. The molecule has 0 amide bonds. The van der Waals surface area contributed by atoms with Crippen molar-refractivity contribution in [2.24, 2.45) is 0 Å². The van der Waals surface area contributed by atoms with Crippen LogP contribution in [0.5, 0.6) is 0 Å². The van der Waals surface area contributed by atoms with Gasteiger partial charge in [0.2, 0.25) is 0 Å². The summed E-state index contributed by atoms with van der Waals surface area (Å²) in [6.07, 6.45) is 34.4. The van der Waals surface area contributed by atoms with E-state index in [4.69, 9.17) is 10.2 Å². The fourth-order valence-electron chi connectivity index (χ4n) is 18.1. The molecule has 6 heterocycles. The minimum Gasteiger partial charge on any atom is -0.396 e. The highest BCUT2D eigenvalue weighted by Gasteiger charge is 2.47. The molecular formula is C96H128N6O2. The van der Waals surface area contributed by atoms with Crippen molar-refractivity contribution in [2.45, 2.75) is 233 Å². The van der Waals surface area contributed by atoms with E-state index in [0.717, 1.165) is 90.4 Å². The molecule has 0 aliphatic carbocycles. The number of aliphatic hydroxyl groups is 2. The predicted octanol–water partition coefficient (Wildman–Crippen LogP) is 22.6. The summed E-state index contributed by atoms with van der Waals surface area (Å²) in [4.78, 5) is 15.0. The zero-order valence-corrected chi connectivity index (χ0v) is 67.3. The lowest BCUT2D eigenvalue weighted by atomic mass is 9.79. The summed E-state index contributed by atoms with van der Waals surface area (Å²) in [5, 5.41) is 18.3. The first-order valence-corrected chi connectivity index (χ1v) is 39.5. The molecule has 8 heteroatoms. The molecule has 3 unspecified atom stereocenters. The normalized spacial score (nSPS) is 21.8. The maximum atomic E-state index is 9.17. The molecular weight excluding hydrogens is 1270 g/mol. The number of hydrogen-bond donors (Lipinski definition) is 2. The maximum Gasteiger partial charge on any atom is 0.0570 e. The van der Waals surface area contributed by atoms with Crippen LogP contribution in [0.15, 0.2) is 240 Å². The summed E-state index contributed by atoms with van der Waals surface area (Å²) in [6.45, 7) is 44.3. The molecule has 0 fully saturated rings. The number of aliphatic hydroxyl groups excluding tert-OH is 2. The third-order valence-electron chi connectivity index (χ3n) is 24.0. The van der Waals surface area contributed by atoms with Gasteiger partial charge in [0.05, 0.1) is 18.1 Å². The highest BCUT2D eigenvalue weighted by atomic mass is 16.3. The highest BCUT2D eigenvalue weighted by Crippen LogP contribution is 2.53. The van der Waals surface area contributed by atoms with E-state index in [1.54, 1.807) is 0 Å². The van der Waals surface area contributed by atoms with Gasteiger partial charge < -0.3 is 39.6 Å². The molecule has 12 rings (SSSR count). The average molecular weight is 1400 g/mol. The van der Waals surface area contributed by atoms with E-state index in [9.17, 15) is 0 Å². The van der Waals surface area contributed by atoms with Gasteiger partial charge in [-0.25, -0.2) is 0 Å². The van der Waals surface area contributed by atoms with Crippen LogP contribution in [-0.2, 0) is 32.5 Å². The molecule has 0 aromatic heterocycles. The Balaban J connectivity index is 0.000000170. The third-order valence-corrected chi connectivity index (χ3v) is 24.0. The van der Waals surface area contributed by atoms with Crippen LogP contribution in [0.4, 0.5) is 34.1 Å². The Morgan fingerprint density at radius 2 is 0.731 bits per heavy atom. The number of para-hydroxylation sites is 6. The minimum absolute atomic E-state index is 0.0120. The number of benzene rings is 6. The van der Waals surface area contributed by atoms with Gasteiger partial charge in [-0.05, 0) is 147 Å². The van der Waals surface area contributed by atoms with Crippen molar-refractivity contribution in [2.75, 3.05) is 82.9 Å². The summed E-state index contributed by atoms with van der Waals surface area (Å²) in [7, 11) is 4.38. The van der Waals surface area contributed by atoms with Crippen molar-refractivity contribution in [3.05, 3.63) is 274 Å². The first-order chi connectivity index (χ1) is 49.6. The lowest BCUT2D eigenvalue weighted by Crippen LogP contribution is -2.40. The fraction of sp³-hybridized carbons (Fsp3) is 0.458. The lowest BCUT2D eigenvalue weighted by Gasteiger charge is -2.33. The number of allylic oxidation sites excluding steroid dienone is 13. The van der Waals surface area contributed by atoms with E-state index >= 15 is 0 Å². The molecule has 8 nitrogen and oxygen atoms in total. The highest BCUT2D eigenvalue weighted by molar-refractivity contribution is 5.74. The topological polar surface area (TPSA) is 59.9 Å². The molecule has 6 aromatic carbocycles. The quantitative estimate of drug-likeness (QED) is 0.0459. The van der Waals surface area contributed by atoms with Crippen LogP contribution >= 0.6 is 0 Å². The Bertz CT molecular complexity index is 4200. The monoisotopic (exact) mass is 1400 g/mol. The summed E-state index contributed by atoms with van der Waals surface area (Å²) >= 11 is 0. The number of fused-ring (bicyclic) bond motifs is 6. The van der Waals surface area contributed by atoms with Crippen molar-refractivity contribution >= 4 is 34.1 Å². The van der Waals surface area contributed by atoms with E-state index < -0.39 is 0 Å². The van der Waals surface area contributed by atoms with Crippen molar-refractivity contribution in [3.63, 3.8) is 0 Å². The predicted molar refractivity (Wildman–Crippen MR) is 450 cm³/mol. The van der Waals surface area contributed by atoms with Crippen LogP contribution in [0.25, 0.3) is 0 Å². The van der Waals surface area contributed by atoms with Crippen LogP contribution < -0.4 is 29.4 Å². The van der Waals surface area contributed by atoms with Crippen LogP contribution in [0, 0.1) is 0 Å². The van der Waals surface area contributed by atoms with Gasteiger partial charge in [0, 0.05) is 137 Å². The van der Waals surface area contributed by atoms with Crippen LogP contribution in [0.3, 0.4) is 0 Å². The fourth-order valence-corrected chi connectivity index (χ4v) is 18.1. The van der Waals surface area contributed by atoms with Gasteiger partial charge in [-0.1, -0.05) is 291 Å². The van der Waals surface area contributed by atoms with E-state index in [0.29, 0.717) is 24.7 Å². The molecule has 104 heavy (non-hydrogen) atoms. The number of rotatable bonds is 24. The number of anilines is 6. The van der Waals surface area contributed by atoms with Gasteiger partial charge in [0.1, 0.15) is 0 Å². The summed E-state index contributed by atoms with van der Waals surface area (Å²) in [5.41, 5.74) is 24.9. The third kappa shape index (κ3) is 15.9. The van der Waals surface area contributed by atoms with E-state index in [1.165, 1.54) is 101 Å². The molecule has 6 aromatic rings. The second kappa shape index (κ2) is 33.2. The summed E-state index contributed by atoms with van der Waals surface area (Å²) in [5.74, 6) is 0. The van der Waals surface area contributed by atoms with E-state index in [1.807, 2.05) is 0 Å². The molecule has 0 radical (unpaired) electrons. The van der Waals surface area contributed by atoms with Gasteiger partial charge in [-0.15, -0.1) is 0 Å². The Kier molecular flexibility index (Phi) is 25.1. The molecule has 6 aliphatic heterocycles. The number of hydrogen-bond acceptors (Lipinski definition) is 8. The van der Waals surface area contributed by atoms with Crippen LogP contribution in [0.1, 0.15) is 215 Å². The second-order valence-corrected chi connectivity index (χ2v) is 33.7. The molecule has 3 atom stereocenters. The van der Waals surface area contributed by atoms with Gasteiger partial charge in [0.25, 0.3) is 0 Å². The van der Waals surface area contributed by atoms with Gasteiger partial charge in [-0.3, -0.25) is 0 Å². The first kappa shape index (κ1) is 78.5.